The lowest BCUT2D eigenvalue weighted by Gasteiger charge is -2.16. The first kappa shape index (κ1) is 18.7. The third kappa shape index (κ3) is 5.45. The molecule has 0 aliphatic carbocycles. The quantitative estimate of drug-likeness (QED) is 0.759. The minimum atomic E-state index is -0.0472. The molecule has 1 aromatic heterocycles. The third-order valence-electron chi connectivity index (χ3n) is 3.96. The molecule has 0 aliphatic heterocycles. The van der Waals surface area contributed by atoms with Gasteiger partial charge in [-0.05, 0) is 24.5 Å². The second-order valence-electron chi connectivity index (χ2n) is 5.86. The van der Waals surface area contributed by atoms with Gasteiger partial charge in [-0.3, -0.25) is 4.79 Å². The Balaban J connectivity index is 1.87. The van der Waals surface area contributed by atoms with Gasteiger partial charge in [-0.25, -0.2) is 9.97 Å². The summed E-state index contributed by atoms with van der Waals surface area (Å²) in [4.78, 5) is 22.4. The van der Waals surface area contributed by atoms with Crippen molar-refractivity contribution in [3.05, 3.63) is 47.8 Å². The Morgan fingerprint density at radius 3 is 2.64 bits per heavy atom. The Morgan fingerprint density at radius 1 is 1.24 bits per heavy atom. The van der Waals surface area contributed by atoms with E-state index in [0.717, 1.165) is 37.1 Å². The van der Waals surface area contributed by atoms with Crippen LogP contribution in [-0.4, -0.2) is 48.0 Å². The van der Waals surface area contributed by atoms with Gasteiger partial charge in [0.25, 0.3) is 5.91 Å². The number of hydrogen-bond donors (Lipinski definition) is 1. The maximum atomic E-state index is 12.2. The molecule has 6 nitrogen and oxygen atoms in total. The molecule has 0 radical (unpaired) electrons. The van der Waals surface area contributed by atoms with E-state index < -0.39 is 0 Å². The van der Waals surface area contributed by atoms with Crippen LogP contribution in [0.4, 0.5) is 5.95 Å². The van der Waals surface area contributed by atoms with Crippen molar-refractivity contribution >= 4 is 11.9 Å². The van der Waals surface area contributed by atoms with Gasteiger partial charge >= 0.3 is 0 Å². The van der Waals surface area contributed by atoms with Crippen LogP contribution in [0.2, 0.25) is 0 Å². The van der Waals surface area contributed by atoms with E-state index in [9.17, 15) is 4.79 Å². The van der Waals surface area contributed by atoms with Gasteiger partial charge in [0.05, 0.1) is 12.7 Å². The minimum absolute atomic E-state index is 0.0472. The van der Waals surface area contributed by atoms with Crippen molar-refractivity contribution in [1.29, 1.82) is 0 Å². The molecule has 0 saturated carbocycles. The Kier molecular flexibility index (Phi) is 7.19. The number of anilines is 1. The lowest BCUT2D eigenvalue weighted by atomic mass is 10.1. The average molecular weight is 342 g/mol. The number of amides is 1. The van der Waals surface area contributed by atoms with Crippen molar-refractivity contribution in [2.24, 2.45) is 0 Å². The molecule has 1 aromatic carbocycles. The molecule has 1 amide bonds. The highest BCUT2D eigenvalue weighted by atomic mass is 16.5. The van der Waals surface area contributed by atoms with Crippen LogP contribution < -0.4 is 10.1 Å². The molecule has 0 fully saturated rings. The summed E-state index contributed by atoms with van der Waals surface area (Å²) < 4.78 is 5.34. The van der Waals surface area contributed by atoms with Gasteiger partial charge in [-0.2, -0.15) is 0 Å². The number of unbranched alkanes of at least 4 members (excludes halogenated alkanes) is 1. The molecule has 1 N–H and O–H groups in total. The zero-order chi connectivity index (χ0) is 18.1. The van der Waals surface area contributed by atoms with E-state index in [2.05, 4.69) is 22.2 Å². The van der Waals surface area contributed by atoms with Gasteiger partial charge in [-0.1, -0.05) is 31.5 Å². The van der Waals surface area contributed by atoms with Crippen LogP contribution in [0, 0.1) is 0 Å². The fourth-order valence-electron chi connectivity index (χ4n) is 2.47. The summed E-state index contributed by atoms with van der Waals surface area (Å²) in [7, 11) is 3.47. The number of carbonyl (C=O) groups excluding carboxylic acids is 1. The van der Waals surface area contributed by atoms with E-state index in [4.69, 9.17) is 4.74 Å². The summed E-state index contributed by atoms with van der Waals surface area (Å²) in [5.74, 6) is 1.35. The Morgan fingerprint density at radius 2 is 1.96 bits per heavy atom. The summed E-state index contributed by atoms with van der Waals surface area (Å²) in [5, 5.41) is 3.17. The first-order valence-corrected chi connectivity index (χ1v) is 8.59. The molecule has 25 heavy (non-hydrogen) atoms. The Hall–Kier alpha value is -2.63. The van der Waals surface area contributed by atoms with E-state index in [1.807, 2.05) is 24.3 Å². The van der Waals surface area contributed by atoms with Crippen LogP contribution in [0.25, 0.3) is 0 Å². The predicted molar refractivity (Wildman–Crippen MR) is 99.1 cm³/mol. The van der Waals surface area contributed by atoms with E-state index in [-0.39, 0.29) is 5.91 Å². The van der Waals surface area contributed by atoms with Crippen molar-refractivity contribution in [2.45, 2.75) is 26.2 Å². The molecule has 1 heterocycles. The maximum Gasteiger partial charge on any atom is 0.256 e. The van der Waals surface area contributed by atoms with E-state index >= 15 is 0 Å². The Labute approximate surface area is 149 Å². The standard InChI is InChI=1S/C19H26N4O2/c1-4-5-12-23(2)18(24)16-13-21-19(22-14-16)20-11-10-15-8-6-7-9-17(15)25-3/h6-9,13-14H,4-5,10-12H2,1-3H3,(H,20,21,22). The Bertz CT molecular complexity index is 673. The van der Waals surface area contributed by atoms with E-state index in [0.29, 0.717) is 18.1 Å². The average Bonchev–Trinajstić information content (AvgIpc) is 2.66. The highest BCUT2D eigenvalue weighted by molar-refractivity contribution is 5.93. The highest BCUT2D eigenvalue weighted by Crippen LogP contribution is 2.17. The van der Waals surface area contributed by atoms with Crippen molar-refractivity contribution in [1.82, 2.24) is 14.9 Å². The number of nitrogens with zero attached hydrogens (tertiary/aromatic N) is 3. The molecule has 134 valence electrons. The normalized spacial score (nSPS) is 10.4. The number of ether oxygens (including phenoxy) is 1. The van der Waals surface area contributed by atoms with Crippen LogP contribution in [0.3, 0.4) is 0 Å². The van der Waals surface area contributed by atoms with Crippen molar-refractivity contribution in [3.63, 3.8) is 0 Å². The molecule has 6 heteroatoms. The summed E-state index contributed by atoms with van der Waals surface area (Å²) in [6.45, 7) is 3.53. The monoisotopic (exact) mass is 342 g/mol. The minimum Gasteiger partial charge on any atom is -0.496 e. The lowest BCUT2D eigenvalue weighted by molar-refractivity contribution is 0.0792. The van der Waals surface area contributed by atoms with Crippen LogP contribution in [0.15, 0.2) is 36.7 Å². The first-order valence-electron chi connectivity index (χ1n) is 8.59. The molecule has 2 rings (SSSR count). The number of methoxy groups -OCH3 is 1. The number of para-hydroxylation sites is 1. The van der Waals surface area contributed by atoms with Gasteiger partial charge in [0.1, 0.15) is 5.75 Å². The van der Waals surface area contributed by atoms with Crippen LogP contribution in [-0.2, 0) is 6.42 Å². The summed E-state index contributed by atoms with van der Waals surface area (Å²) in [6, 6.07) is 7.92. The molecule has 0 aliphatic rings. The number of carbonyl (C=O) groups is 1. The number of nitrogens with one attached hydrogen (secondary N) is 1. The van der Waals surface area contributed by atoms with Crippen molar-refractivity contribution < 1.29 is 9.53 Å². The van der Waals surface area contributed by atoms with Crippen LogP contribution in [0.5, 0.6) is 5.75 Å². The van der Waals surface area contributed by atoms with Gasteiger partial charge in [0.15, 0.2) is 0 Å². The number of benzene rings is 1. The fourth-order valence-corrected chi connectivity index (χ4v) is 2.47. The largest absolute Gasteiger partial charge is 0.496 e. The molecule has 0 bridgehead atoms. The molecule has 0 atom stereocenters. The second kappa shape index (κ2) is 9.61. The summed E-state index contributed by atoms with van der Waals surface area (Å²) in [6.07, 6.45) is 6.00. The molecular weight excluding hydrogens is 316 g/mol. The SMILES string of the molecule is CCCCN(C)C(=O)c1cnc(NCCc2ccccc2OC)nc1. The van der Waals surface area contributed by atoms with Crippen molar-refractivity contribution in [2.75, 3.05) is 32.6 Å². The third-order valence-corrected chi connectivity index (χ3v) is 3.96. The second-order valence-corrected chi connectivity index (χ2v) is 5.86. The zero-order valence-electron chi connectivity index (χ0n) is 15.2. The molecule has 0 saturated heterocycles. The van der Waals surface area contributed by atoms with Gasteiger partial charge in [0.2, 0.25) is 5.95 Å². The van der Waals surface area contributed by atoms with E-state index in [1.54, 1.807) is 31.5 Å². The number of rotatable bonds is 9. The highest BCUT2D eigenvalue weighted by Gasteiger charge is 2.12. The maximum absolute atomic E-state index is 12.2. The molecule has 2 aromatic rings. The summed E-state index contributed by atoms with van der Waals surface area (Å²) >= 11 is 0. The van der Waals surface area contributed by atoms with Crippen LogP contribution in [0.1, 0.15) is 35.7 Å². The fraction of sp³-hybridized carbons (Fsp3) is 0.421. The van der Waals surface area contributed by atoms with Gasteiger partial charge < -0.3 is 15.0 Å². The topological polar surface area (TPSA) is 67.4 Å². The molecule has 0 unspecified atom stereocenters. The molecular formula is C19H26N4O2. The molecule has 0 spiro atoms. The summed E-state index contributed by atoms with van der Waals surface area (Å²) in [5.41, 5.74) is 1.63. The first-order chi connectivity index (χ1) is 12.2. The smallest absolute Gasteiger partial charge is 0.256 e. The zero-order valence-corrected chi connectivity index (χ0v) is 15.2. The number of aromatic nitrogens is 2. The van der Waals surface area contributed by atoms with Crippen molar-refractivity contribution in [3.8, 4) is 5.75 Å². The lowest BCUT2D eigenvalue weighted by Crippen LogP contribution is -2.28. The predicted octanol–water partition coefficient (Wildman–Crippen LogP) is 3.01. The number of hydrogen-bond acceptors (Lipinski definition) is 5. The van der Waals surface area contributed by atoms with Crippen LogP contribution >= 0.6 is 0 Å². The van der Waals surface area contributed by atoms with Gasteiger partial charge in [-0.15, -0.1) is 0 Å². The van der Waals surface area contributed by atoms with E-state index in [1.165, 1.54) is 0 Å². The van der Waals surface area contributed by atoms with Gasteiger partial charge in [0, 0.05) is 32.5 Å².